The Kier molecular flexibility index (Phi) is 3.52. The largest absolute Gasteiger partial charge is 0.433 e. The summed E-state index contributed by atoms with van der Waals surface area (Å²) in [6.07, 6.45) is -0.613. The van der Waals surface area contributed by atoms with E-state index in [-0.39, 0.29) is 5.41 Å². The Morgan fingerprint density at radius 3 is 1.94 bits per heavy atom. The van der Waals surface area contributed by atoms with E-state index < -0.39 is 31.2 Å². The lowest BCUT2D eigenvalue weighted by molar-refractivity contribution is -0.173. The van der Waals surface area contributed by atoms with Crippen molar-refractivity contribution in [2.45, 2.75) is 71.4 Å². The van der Waals surface area contributed by atoms with Gasteiger partial charge in [0.25, 0.3) is 0 Å². The molecule has 1 N–H and O–H groups in total. The summed E-state index contributed by atoms with van der Waals surface area (Å²) in [7, 11) is -2.02. The van der Waals surface area contributed by atoms with E-state index in [1.54, 1.807) is 13.8 Å². The second-order valence-corrected chi connectivity index (χ2v) is 13.1. The Morgan fingerprint density at radius 1 is 1.22 bits per heavy atom. The normalized spacial score (nSPS) is 33.2. The second-order valence-electron chi connectivity index (χ2n) is 7.58. The molecule has 0 aromatic heterocycles. The van der Waals surface area contributed by atoms with Gasteiger partial charge in [-0.2, -0.15) is 0 Å². The monoisotopic (exact) mass is 274 g/mol. The summed E-state index contributed by atoms with van der Waals surface area (Å²) in [5, 5.41) is 9.62. The fourth-order valence-corrected chi connectivity index (χ4v) is 3.47. The van der Waals surface area contributed by atoms with Gasteiger partial charge in [0.1, 0.15) is 0 Å². The molecule has 1 heterocycles. The highest BCUT2D eigenvalue weighted by atomic mass is 28.3. The first-order valence-electron chi connectivity index (χ1n) is 6.35. The van der Waals surface area contributed by atoms with Gasteiger partial charge in [0, 0.05) is 5.41 Å². The molecule has 0 unspecified atom stereocenters. The first kappa shape index (κ1) is 15.7. The van der Waals surface area contributed by atoms with Crippen LogP contribution in [0.3, 0.4) is 0 Å². The van der Waals surface area contributed by atoms with Gasteiger partial charge in [-0.25, -0.2) is 4.79 Å². The lowest BCUT2D eigenvalue weighted by Crippen LogP contribution is -2.66. The maximum atomic E-state index is 12.2. The van der Waals surface area contributed by atoms with Gasteiger partial charge in [0.15, 0.2) is 5.60 Å². The molecule has 0 spiro atoms. The van der Waals surface area contributed by atoms with Gasteiger partial charge in [0.2, 0.25) is 6.29 Å². The van der Waals surface area contributed by atoms with E-state index in [1.807, 2.05) is 40.4 Å². The third kappa shape index (κ3) is 2.23. The van der Waals surface area contributed by atoms with Crippen LogP contribution in [0.1, 0.15) is 34.6 Å². The van der Waals surface area contributed by atoms with Crippen LogP contribution in [0.15, 0.2) is 0 Å². The molecular weight excluding hydrogens is 248 g/mol. The van der Waals surface area contributed by atoms with Crippen molar-refractivity contribution in [2.75, 3.05) is 0 Å². The molecule has 4 nitrogen and oxygen atoms in total. The Hall–Kier alpha value is -0.393. The summed E-state index contributed by atoms with van der Waals surface area (Å²) in [6.45, 7) is 15.2. The van der Waals surface area contributed by atoms with Crippen molar-refractivity contribution in [3.05, 3.63) is 0 Å². The zero-order valence-electron chi connectivity index (χ0n) is 12.7. The van der Waals surface area contributed by atoms with E-state index in [0.29, 0.717) is 0 Å². The van der Waals surface area contributed by atoms with E-state index in [4.69, 9.17) is 9.47 Å². The topological polar surface area (TPSA) is 55.8 Å². The molecule has 0 aromatic rings. The minimum Gasteiger partial charge on any atom is -0.433 e. The lowest BCUT2D eigenvalue weighted by atomic mass is 9.95. The number of rotatable bonds is 2. The van der Waals surface area contributed by atoms with Crippen molar-refractivity contribution in [1.82, 2.24) is 0 Å². The van der Waals surface area contributed by atoms with E-state index in [9.17, 15) is 9.90 Å². The SMILES string of the molecule is CC(C)(C)[C@@H]1OC(=O)[C@@](C)([C@](C)(O)[Si](C)(C)C)O1. The van der Waals surface area contributed by atoms with Crippen molar-refractivity contribution in [3.8, 4) is 0 Å². The highest BCUT2D eigenvalue weighted by molar-refractivity contribution is 6.79. The Labute approximate surface area is 111 Å². The first-order chi connectivity index (χ1) is 7.73. The van der Waals surface area contributed by atoms with Crippen LogP contribution in [0.4, 0.5) is 0 Å². The van der Waals surface area contributed by atoms with Crippen LogP contribution in [-0.4, -0.2) is 36.3 Å². The lowest BCUT2D eigenvalue weighted by Gasteiger charge is -2.44. The summed E-state index contributed by atoms with van der Waals surface area (Å²) in [4.78, 5) is 12.2. The van der Waals surface area contributed by atoms with E-state index in [1.165, 1.54) is 0 Å². The quantitative estimate of drug-likeness (QED) is 0.620. The molecule has 1 saturated heterocycles. The van der Waals surface area contributed by atoms with Gasteiger partial charge >= 0.3 is 5.97 Å². The molecule has 18 heavy (non-hydrogen) atoms. The molecule has 0 bridgehead atoms. The summed E-state index contributed by atoms with van der Waals surface area (Å²) >= 11 is 0. The maximum Gasteiger partial charge on any atom is 0.343 e. The molecular formula is C13H26O4Si. The van der Waals surface area contributed by atoms with Crippen LogP contribution in [-0.2, 0) is 14.3 Å². The molecule has 1 rings (SSSR count). The number of cyclic esters (lactones) is 1. The van der Waals surface area contributed by atoms with Crippen molar-refractivity contribution < 1.29 is 19.4 Å². The summed E-state index contributed by atoms with van der Waals surface area (Å²) in [6, 6.07) is 0. The molecule has 5 heteroatoms. The van der Waals surface area contributed by atoms with Gasteiger partial charge < -0.3 is 14.6 Å². The fourth-order valence-electron chi connectivity index (χ4n) is 1.88. The average molecular weight is 274 g/mol. The maximum absolute atomic E-state index is 12.2. The van der Waals surface area contributed by atoms with Gasteiger partial charge in [-0.05, 0) is 13.8 Å². The first-order valence-corrected chi connectivity index (χ1v) is 9.85. The van der Waals surface area contributed by atoms with Crippen molar-refractivity contribution >= 4 is 14.0 Å². The van der Waals surface area contributed by atoms with Gasteiger partial charge in [-0.15, -0.1) is 0 Å². The molecule has 0 saturated carbocycles. The standard InChI is InChI=1S/C13H26O4Si/c1-11(2,3)10-16-9(14)12(4,17-10)13(5,15)18(6,7)8/h10,15H,1-8H3/t10-,12+,13-/m1/s1. The third-order valence-corrected chi connectivity index (χ3v) is 7.44. The van der Waals surface area contributed by atoms with Crippen LogP contribution < -0.4 is 0 Å². The summed E-state index contributed by atoms with van der Waals surface area (Å²) in [5.41, 5.74) is -1.58. The van der Waals surface area contributed by atoms with Crippen LogP contribution in [0.2, 0.25) is 19.6 Å². The minimum absolute atomic E-state index is 0.303. The van der Waals surface area contributed by atoms with Crippen LogP contribution >= 0.6 is 0 Å². The molecule has 1 aliphatic heterocycles. The Morgan fingerprint density at radius 2 is 1.67 bits per heavy atom. The highest BCUT2D eigenvalue weighted by Gasteiger charge is 2.64. The molecule has 0 aliphatic carbocycles. The molecule has 0 aromatic carbocycles. The minimum atomic E-state index is -2.02. The van der Waals surface area contributed by atoms with Crippen molar-refractivity contribution in [3.63, 3.8) is 0 Å². The van der Waals surface area contributed by atoms with Crippen LogP contribution in [0.5, 0.6) is 0 Å². The van der Waals surface area contributed by atoms with E-state index >= 15 is 0 Å². The molecule has 0 radical (unpaired) electrons. The second kappa shape index (κ2) is 4.05. The zero-order valence-corrected chi connectivity index (χ0v) is 13.7. The molecule has 0 amide bonds. The molecule has 1 fully saturated rings. The predicted molar refractivity (Wildman–Crippen MR) is 72.8 cm³/mol. The third-order valence-electron chi connectivity index (χ3n) is 4.04. The highest BCUT2D eigenvalue weighted by Crippen LogP contribution is 2.43. The molecule has 3 atom stereocenters. The average Bonchev–Trinajstić information content (AvgIpc) is 2.42. The fraction of sp³-hybridized carbons (Fsp3) is 0.923. The molecule has 1 aliphatic rings. The number of aliphatic hydroxyl groups is 1. The van der Waals surface area contributed by atoms with Gasteiger partial charge in [-0.1, -0.05) is 40.4 Å². The number of carbonyl (C=O) groups excluding carboxylic acids is 1. The summed E-state index contributed by atoms with van der Waals surface area (Å²) < 4.78 is 11.2. The van der Waals surface area contributed by atoms with Gasteiger partial charge in [0.05, 0.1) is 13.3 Å². The number of carbonyl (C=O) groups is 1. The number of ether oxygens (including phenoxy) is 2. The van der Waals surface area contributed by atoms with E-state index in [2.05, 4.69) is 0 Å². The van der Waals surface area contributed by atoms with Crippen LogP contribution in [0, 0.1) is 5.41 Å². The predicted octanol–water partition coefficient (Wildman–Crippen LogP) is 2.32. The van der Waals surface area contributed by atoms with Crippen molar-refractivity contribution in [1.29, 1.82) is 0 Å². The number of hydrogen-bond acceptors (Lipinski definition) is 4. The van der Waals surface area contributed by atoms with Gasteiger partial charge in [-0.3, -0.25) is 0 Å². The van der Waals surface area contributed by atoms with E-state index in [0.717, 1.165) is 0 Å². The Bertz CT molecular complexity index is 351. The molecule has 106 valence electrons. The smallest absolute Gasteiger partial charge is 0.343 e. The van der Waals surface area contributed by atoms with Crippen molar-refractivity contribution in [2.24, 2.45) is 5.41 Å². The summed E-state index contributed by atoms with van der Waals surface area (Å²) in [5.74, 6) is -0.463. The number of hydrogen-bond donors (Lipinski definition) is 1. The van der Waals surface area contributed by atoms with Crippen LogP contribution in [0.25, 0.3) is 0 Å². The zero-order chi connectivity index (χ0) is 14.6. The number of esters is 1. The Balaban J connectivity index is 3.13.